The summed E-state index contributed by atoms with van der Waals surface area (Å²) in [5.74, 6) is -0.0239. The highest BCUT2D eigenvalue weighted by atomic mass is 16.7. The molecule has 8 saturated heterocycles. The Morgan fingerprint density at radius 3 is 1.60 bits per heavy atom. The van der Waals surface area contributed by atoms with E-state index < -0.39 is 23.8 Å². The van der Waals surface area contributed by atoms with Gasteiger partial charge in [-0.3, -0.25) is 9.59 Å². The molecule has 0 amide bonds. The van der Waals surface area contributed by atoms with Gasteiger partial charge in [0.05, 0.1) is 50.8 Å². The van der Waals surface area contributed by atoms with E-state index in [-0.39, 0.29) is 59.7 Å². The van der Waals surface area contributed by atoms with Crippen LogP contribution < -0.4 is 0 Å². The van der Waals surface area contributed by atoms with Crippen molar-refractivity contribution >= 4 is 11.6 Å². The van der Waals surface area contributed by atoms with Gasteiger partial charge in [-0.2, -0.15) is 0 Å². The molecule has 2 spiro atoms. The topological polar surface area (TPSA) is 130 Å². The molecule has 2 N–H and O–H groups in total. The average molecular weight is 424 g/mol. The van der Waals surface area contributed by atoms with Crippen molar-refractivity contribution < 1.29 is 48.2 Å². The third-order valence-corrected chi connectivity index (χ3v) is 8.54. The van der Waals surface area contributed by atoms with Crippen LogP contribution in [0.1, 0.15) is 12.8 Å². The van der Waals surface area contributed by atoms with Gasteiger partial charge in [-0.15, -0.1) is 0 Å². The molecule has 30 heavy (non-hydrogen) atoms. The van der Waals surface area contributed by atoms with E-state index in [1.54, 1.807) is 0 Å². The lowest BCUT2D eigenvalue weighted by molar-refractivity contribution is -0.183. The molecule has 0 saturated carbocycles. The van der Waals surface area contributed by atoms with E-state index in [1.165, 1.54) is 0 Å². The lowest BCUT2D eigenvalue weighted by Crippen LogP contribution is -2.51. The van der Waals surface area contributed by atoms with Crippen LogP contribution in [0.25, 0.3) is 0 Å². The van der Waals surface area contributed by atoms with Crippen LogP contribution in [0.15, 0.2) is 0 Å². The number of hydrogen-bond donors (Lipinski definition) is 2. The number of fused-ring (bicyclic) bond motifs is 2. The SMILES string of the molecule is O=C1C[C@@H]2O[C@@H](O)[C@H]3[C@@H]2O[C@@]12COC[C@H]32.O=C1C[C@H]2O[C@H](O)[C@@H]3[C@H]2O[C@]12COC[C@@H]32. The Morgan fingerprint density at radius 1 is 0.733 bits per heavy atom. The number of aliphatic hydroxyl groups excluding tert-OH is 2. The summed E-state index contributed by atoms with van der Waals surface area (Å²) in [7, 11) is 0. The van der Waals surface area contributed by atoms with Gasteiger partial charge >= 0.3 is 0 Å². The van der Waals surface area contributed by atoms with Gasteiger partial charge in [0.1, 0.15) is 0 Å². The van der Waals surface area contributed by atoms with Crippen LogP contribution in [0, 0.1) is 23.7 Å². The first kappa shape index (κ1) is 18.6. The summed E-state index contributed by atoms with van der Waals surface area (Å²) < 4.78 is 33.0. The molecule has 8 aliphatic heterocycles. The lowest BCUT2D eigenvalue weighted by atomic mass is 9.81. The number of carbonyl (C=O) groups excluding carboxylic acids is 2. The highest BCUT2D eigenvalue weighted by Crippen LogP contribution is 2.56. The van der Waals surface area contributed by atoms with Gasteiger partial charge in [-0.05, 0) is 0 Å². The zero-order chi connectivity index (χ0) is 20.4. The molecule has 0 aromatic carbocycles. The van der Waals surface area contributed by atoms with Crippen LogP contribution in [-0.2, 0) is 38.0 Å². The Bertz CT molecular complexity index is 751. The number of Topliss-reactive ketones (excluding diaryl/α,β-unsaturated/α-hetero) is 2. The van der Waals surface area contributed by atoms with Gasteiger partial charge in [0.15, 0.2) is 35.3 Å². The molecule has 164 valence electrons. The Balaban J connectivity index is 0.000000108. The lowest BCUT2D eigenvalue weighted by Gasteiger charge is -2.34. The van der Waals surface area contributed by atoms with Crippen molar-refractivity contribution in [1.82, 2.24) is 0 Å². The molecule has 0 radical (unpaired) electrons. The fraction of sp³-hybridized carbons (Fsp3) is 0.900. The van der Waals surface area contributed by atoms with Crippen LogP contribution in [0.2, 0.25) is 0 Å². The van der Waals surface area contributed by atoms with Gasteiger partial charge < -0.3 is 38.6 Å². The number of rotatable bonds is 0. The van der Waals surface area contributed by atoms with E-state index in [9.17, 15) is 19.8 Å². The fourth-order valence-electron chi connectivity index (χ4n) is 7.16. The van der Waals surface area contributed by atoms with E-state index in [0.29, 0.717) is 39.3 Å². The minimum Gasteiger partial charge on any atom is -0.378 e. The van der Waals surface area contributed by atoms with Crippen LogP contribution in [0.3, 0.4) is 0 Å². The summed E-state index contributed by atoms with van der Waals surface area (Å²) in [4.78, 5) is 24.0. The monoisotopic (exact) mass is 424 g/mol. The third-order valence-electron chi connectivity index (χ3n) is 8.54. The molecule has 0 aromatic rings. The van der Waals surface area contributed by atoms with Crippen molar-refractivity contribution in [1.29, 1.82) is 0 Å². The Labute approximate surface area is 171 Å². The highest BCUT2D eigenvalue weighted by molar-refractivity contribution is 5.91. The molecule has 10 heteroatoms. The van der Waals surface area contributed by atoms with Crippen molar-refractivity contribution in [2.75, 3.05) is 26.4 Å². The molecule has 10 nitrogen and oxygen atoms in total. The van der Waals surface area contributed by atoms with Gasteiger partial charge in [0, 0.05) is 36.5 Å². The van der Waals surface area contributed by atoms with E-state index in [1.807, 2.05) is 0 Å². The Hall–Kier alpha value is -0.980. The van der Waals surface area contributed by atoms with Crippen molar-refractivity contribution in [3.8, 4) is 0 Å². The predicted octanol–water partition coefficient (Wildman–Crippen LogP) is -1.85. The second-order valence-corrected chi connectivity index (χ2v) is 9.73. The zero-order valence-corrected chi connectivity index (χ0v) is 16.2. The van der Waals surface area contributed by atoms with E-state index in [2.05, 4.69) is 0 Å². The minimum absolute atomic E-state index is 0.0162. The van der Waals surface area contributed by atoms with Crippen molar-refractivity contribution in [2.24, 2.45) is 23.7 Å². The van der Waals surface area contributed by atoms with Crippen molar-refractivity contribution in [2.45, 2.75) is 61.0 Å². The van der Waals surface area contributed by atoms with Crippen LogP contribution in [-0.4, -0.2) is 96.4 Å². The quantitative estimate of drug-likeness (QED) is 0.457. The smallest absolute Gasteiger partial charge is 0.170 e. The second-order valence-electron chi connectivity index (χ2n) is 9.73. The number of ether oxygens (including phenoxy) is 6. The normalized spacial score (nSPS) is 61.1. The first-order valence-corrected chi connectivity index (χ1v) is 10.7. The molecule has 0 aromatic heterocycles. The predicted molar refractivity (Wildman–Crippen MR) is 91.8 cm³/mol. The Morgan fingerprint density at radius 2 is 1.17 bits per heavy atom. The maximum absolute atomic E-state index is 12.0. The molecule has 0 aliphatic carbocycles. The average Bonchev–Trinajstić information content (AvgIpc) is 3.46. The van der Waals surface area contributed by atoms with Crippen molar-refractivity contribution in [3.05, 3.63) is 0 Å². The molecule has 8 fully saturated rings. The van der Waals surface area contributed by atoms with E-state index in [0.717, 1.165) is 0 Å². The van der Waals surface area contributed by atoms with Gasteiger partial charge in [-0.1, -0.05) is 0 Å². The molecule has 0 unspecified atom stereocenters. The largest absolute Gasteiger partial charge is 0.378 e. The first-order chi connectivity index (χ1) is 14.4. The minimum atomic E-state index is -0.790. The van der Waals surface area contributed by atoms with Gasteiger partial charge in [0.2, 0.25) is 0 Å². The van der Waals surface area contributed by atoms with Crippen molar-refractivity contribution in [3.63, 3.8) is 0 Å². The molecule has 8 rings (SSSR count). The summed E-state index contributed by atoms with van der Waals surface area (Å²) in [6.45, 7) is 1.70. The van der Waals surface area contributed by atoms with E-state index in [4.69, 9.17) is 28.4 Å². The zero-order valence-electron chi connectivity index (χ0n) is 16.2. The molecular formula is C20H24O10. The highest BCUT2D eigenvalue weighted by Gasteiger charge is 2.72. The molecule has 8 heterocycles. The Kier molecular flexibility index (Phi) is 3.64. The first-order valence-electron chi connectivity index (χ1n) is 10.7. The number of aliphatic hydroxyl groups is 2. The summed E-state index contributed by atoms with van der Waals surface area (Å²) in [6, 6.07) is 0. The van der Waals surface area contributed by atoms with Crippen LogP contribution in [0.5, 0.6) is 0 Å². The maximum atomic E-state index is 12.0. The summed E-state index contributed by atoms with van der Waals surface area (Å²) in [5.41, 5.74) is -1.51. The summed E-state index contributed by atoms with van der Waals surface area (Å²) >= 11 is 0. The molecular weight excluding hydrogens is 400 g/mol. The number of carbonyl (C=O) groups is 2. The fourth-order valence-corrected chi connectivity index (χ4v) is 7.16. The number of hydrogen-bond acceptors (Lipinski definition) is 10. The van der Waals surface area contributed by atoms with Gasteiger partial charge in [-0.25, -0.2) is 0 Å². The second kappa shape index (κ2) is 5.87. The molecule has 4 bridgehead atoms. The standard InChI is InChI=1S/2C10H12O5/c2*11-6-1-5-8-7(9(12)14-5)4-2-13-3-10(4,6)15-8/h2*4-5,7-9,12H,1-3H2/t2*4-,5+,7-,8-,9-,10-/m10/s1. The van der Waals surface area contributed by atoms with E-state index >= 15 is 0 Å². The van der Waals surface area contributed by atoms with Gasteiger partial charge in [0.25, 0.3) is 0 Å². The third kappa shape index (κ3) is 2.03. The summed E-state index contributed by atoms with van der Waals surface area (Å²) in [6.07, 6.45) is -1.56. The summed E-state index contributed by atoms with van der Waals surface area (Å²) in [5, 5.41) is 19.6. The number of ketones is 2. The molecule has 12 atom stereocenters. The molecule has 8 aliphatic rings. The van der Waals surface area contributed by atoms with Crippen LogP contribution in [0.4, 0.5) is 0 Å². The maximum Gasteiger partial charge on any atom is 0.170 e. The van der Waals surface area contributed by atoms with Crippen LogP contribution >= 0.6 is 0 Å².